The lowest BCUT2D eigenvalue weighted by Gasteiger charge is -2.38. The van der Waals surface area contributed by atoms with Gasteiger partial charge in [-0.3, -0.25) is 4.99 Å². The van der Waals surface area contributed by atoms with Crippen molar-refractivity contribution < 1.29 is 9.47 Å². The molecule has 29 heavy (non-hydrogen) atoms. The molecule has 1 saturated heterocycles. The van der Waals surface area contributed by atoms with Crippen molar-refractivity contribution in [2.45, 2.75) is 12.3 Å². The van der Waals surface area contributed by atoms with Gasteiger partial charge in [-0.05, 0) is 42.3 Å². The van der Waals surface area contributed by atoms with E-state index < -0.39 is 0 Å². The second-order valence-electron chi connectivity index (χ2n) is 7.47. The number of guanidine groups is 1. The smallest absolute Gasteiger partial charge is 0.193 e. The van der Waals surface area contributed by atoms with Crippen molar-refractivity contribution in [3.8, 4) is 11.5 Å². The predicted molar refractivity (Wildman–Crippen MR) is 117 cm³/mol. The number of ether oxygens (including phenoxy) is 2. The molecule has 154 valence electrons. The lowest BCUT2D eigenvalue weighted by molar-refractivity contribution is 0.266. The number of fused-ring (bicyclic) bond motifs is 1. The van der Waals surface area contributed by atoms with Crippen LogP contribution in [0.4, 0.5) is 5.69 Å². The van der Waals surface area contributed by atoms with E-state index in [4.69, 9.17) is 9.47 Å². The summed E-state index contributed by atoms with van der Waals surface area (Å²) in [5, 5.41) is 3.60. The first-order chi connectivity index (χ1) is 14.3. The van der Waals surface area contributed by atoms with Gasteiger partial charge in [0.05, 0.1) is 13.7 Å². The van der Waals surface area contributed by atoms with Crippen molar-refractivity contribution in [1.82, 2.24) is 10.2 Å². The number of para-hydroxylation sites is 1. The maximum Gasteiger partial charge on any atom is 0.193 e. The van der Waals surface area contributed by atoms with Gasteiger partial charge in [0.1, 0.15) is 11.5 Å². The molecule has 2 aliphatic rings. The van der Waals surface area contributed by atoms with E-state index in [1.807, 2.05) is 25.2 Å². The summed E-state index contributed by atoms with van der Waals surface area (Å²) in [6, 6.07) is 16.7. The van der Waals surface area contributed by atoms with Gasteiger partial charge in [-0.1, -0.05) is 18.2 Å². The molecule has 6 heteroatoms. The minimum atomic E-state index is 0.456. The normalized spacial score (nSPS) is 19.4. The van der Waals surface area contributed by atoms with E-state index >= 15 is 0 Å². The van der Waals surface area contributed by atoms with Gasteiger partial charge < -0.3 is 24.6 Å². The molecule has 1 unspecified atom stereocenters. The van der Waals surface area contributed by atoms with Crippen molar-refractivity contribution in [2.24, 2.45) is 4.99 Å². The minimum absolute atomic E-state index is 0.456. The average molecular weight is 395 g/mol. The summed E-state index contributed by atoms with van der Waals surface area (Å²) >= 11 is 0. The lowest BCUT2D eigenvalue weighted by atomic mass is 9.93. The van der Waals surface area contributed by atoms with Gasteiger partial charge in [-0.25, -0.2) is 0 Å². The fourth-order valence-corrected chi connectivity index (χ4v) is 4.14. The Morgan fingerprint density at radius 3 is 2.59 bits per heavy atom. The van der Waals surface area contributed by atoms with Crippen LogP contribution in [0.15, 0.2) is 53.5 Å². The summed E-state index contributed by atoms with van der Waals surface area (Å²) < 4.78 is 11.0. The Morgan fingerprint density at radius 2 is 1.86 bits per heavy atom. The molecule has 0 radical (unpaired) electrons. The molecule has 2 aromatic rings. The Kier molecular flexibility index (Phi) is 6.08. The molecule has 6 nitrogen and oxygen atoms in total. The molecule has 1 N–H and O–H groups in total. The van der Waals surface area contributed by atoms with E-state index in [0.29, 0.717) is 5.92 Å². The lowest BCUT2D eigenvalue weighted by Crippen LogP contribution is -2.53. The van der Waals surface area contributed by atoms with Gasteiger partial charge in [0, 0.05) is 51.4 Å². The molecule has 4 rings (SSSR count). The summed E-state index contributed by atoms with van der Waals surface area (Å²) in [6.07, 6.45) is 1.03. The maximum atomic E-state index is 5.79. The Bertz CT molecular complexity index is 829. The van der Waals surface area contributed by atoms with E-state index in [1.165, 1.54) is 11.3 Å². The Morgan fingerprint density at radius 1 is 1.10 bits per heavy atom. The van der Waals surface area contributed by atoms with E-state index in [1.54, 1.807) is 7.11 Å². The molecule has 2 aliphatic heterocycles. The van der Waals surface area contributed by atoms with Crippen LogP contribution in [0, 0.1) is 0 Å². The molecule has 1 fully saturated rings. The number of nitrogens with zero attached hydrogens (tertiary/aromatic N) is 3. The van der Waals surface area contributed by atoms with Gasteiger partial charge >= 0.3 is 0 Å². The van der Waals surface area contributed by atoms with Crippen molar-refractivity contribution >= 4 is 11.6 Å². The summed E-state index contributed by atoms with van der Waals surface area (Å²) in [6.45, 7) is 5.53. The van der Waals surface area contributed by atoms with Crippen LogP contribution in [0.1, 0.15) is 17.9 Å². The van der Waals surface area contributed by atoms with Crippen LogP contribution in [-0.2, 0) is 0 Å². The van der Waals surface area contributed by atoms with Crippen LogP contribution in [0.3, 0.4) is 0 Å². The van der Waals surface area contributed by atoms with E-state index in [2.05, 4.69) is 50.4 Å². The zero-order chi connectivity index (χ0) is 20.1. The van der Waals surface area contributed by atoms with Crippen LogP contribution in [-0.4, -0.2) is 64.3 Å². The minimum Gasteiger partial charge on any atom is -0.497 e. The number of hydrogen-bond acceptors (Lipinski definition) is 4. The molecule has 0 saturated carbocycles. The Hall–Kier alpha value is -2.89. The van der Waals surface area contributed by atoms with Crippen LogP contribution < -0.4 is 19.7 Å². The van der Waals surface area contributed by atoms with E-state index in [0.717, 1.165) is 63.2 Å². The molecule has 0 amide bonds. The molecule has 2 aromatic carbocycles. The first-order valence-corrected chi connectivity index (χ1v) is 10.3. The number of rotatable bonds is 4. The number of benzene rings is 2. The zero-order valence-corrected chi connectivity index (χ0v) is 17.3. The SMILES string of the molecule is CN=C(NCC1CCOc2ccccc21)N1CCN(c2ccc(OC)cc2)CC1. The highest BCUT2D eigenvalue weighted by molar-refractivity contribution is 5.80. The summed E-state index contributed by atoms with van der Waals surface area (Å²) in [5.41, 5.74) is 2.54. The van der Waals surface area contributed by atoms with Gasteiger partial charge in [0.25, 0.3) is 0 Å². The first-order valence-electron chi connectivity index (χ1n) is 10.3. The molecule has 0 aliphatic carbocycles. The standard InChI is InChI=1S/C23H30N4O2/c1-24-23(25-17-18-11-16-29-22-6-4-3-5-21(18)22)27-14-12-26(13-15-27)19-7-9-20(28-2)10-8-19/h3-10,18H,11-17H2,1-2H3,(H,24,25). The summed E-state index contributed by atoms with van der Waals surface area (Å²) in [5.74, 6) is 3.36. The summed E-state index contributed by atoms with van der Waals surface area (Å²) in [4.78, 5) is 9.30. The first kappa shape index (κ1) is 19.4. The third-order valence-corrected chi connectivity index (χ3v) is 5.82. The van der Waals surface area contributed by atoms with Crippen molar-refractivity contribution in [1.29, 1.82) is 0 Å². The van der Waals surface area contributed by atoms with Gasteiger partial charge in [0.15, 0.2) is 5.96 Å². The van der Waals surface area contributed by atoms with E-state index in [9.17, 15) is 0 Å². The molecule has 2 heterocycles. The molecule has 1 atom stereocenters. The highest BCUT2D eigenvalue weighted by Gasteiger charge is 2.24. The second-order valence-corrected chi connectivity index (χ2v) is 7.47. The fraction of sp³-hybridized carbons (Fsp3) is 0.435. The number of aliphatic imine (C=N–C) groups is 1. The Labute approximate surface area is 173 Å². The van der Waals surface area contributed by atoms with Crippen molar-refractivity contribution in [3.05, 3.63) is 54.1 Å². The second kappa shape index (κ2) is 9.07. The largest absolute Gasteiger partial charge is 0.497 e. The third kappa shape index (κ3) is 4.42. The number of piperazine rings is 1. The van der Waals surface area contributed by atoms with Crippen LogP contribution in [0.2, 0.25) is 0 Å². The van der Waals surface area contributed by atoms with Crippen molar-refractivity contribution in [2.75, 3.05) is 58.4 Å². The topological polar surface area (TPSA) is 49.3 Å². The Balaban J connectivity index is 1.32. The monoisotopic (exact) mass is 394 g/mol. The van der Waals surface area contributed by atoms with Crippen LogP contribution in [0.5, 0.6) is 11.5 Å². The van der Waals surface area contributed by atoms with Crippen LogP contribution in [0.25, 0.3) is 0 Å². The molecule has 0 spiro atoms. The van der Waals surface area contributed by atoms with Gasteiger partial charge in [0.2, 0.25) is 0 Å². The van der Waals surface area contributed by atoms with Crippen molar-refractivity contribution in [3.63, 3.8) is 0 Å². The number of nitrogens with one attached hydrogen (secondary N) is 1. The van der Waals surface area contributed by atoms with E-state index in [-0.39, 0.29) is 0 Å². The molecular formula is C23H30N4O2. The van der Waals surface area contributed by atoms with Gasteiger partial charge in [-0.2, -0.15) is 0 Å². The van der Waals surface area contributed by atoms with Gasteiger partial charge in [-0.15, -0.1) is 0 Å². The fourth-order valence-electron chi connectivity index (χ4n) is 4.14. The molecular weight excluding hydrogens is 364 g/mol. The average Bonchev–Trinajstić information content (AvgIpc) is 2.80. The third-order valence-electron chi connectivity index (χ3n) is 5.82. The summed E-state index contributed by atoms with van der Waals surface area (Å²) in [7, 11) is 3.57. The molecule has 0 aromatic heterocycles. The highest BCUT2D eigenvalue weighted by Crippen LogP contribution is 2.32. The predicted octanol–water partition coefficient (Wildman–Crippen LogP) is 2.96. The van der Waals surface area contributed by atoms with Crippen LogP contribution >= 0.6 is 0 Å². The highest BCUT2D eigenvalue weighted by atomic mass is 16.5. The molecule has 0 bridgehead atoms. The maximum absolute atomic E-state index is 5.79. The zero-order valence-electron chi connectivity index (χ0n) is 17.3. The number of hydrogen-bond donors (Lipinski definition) is 1. The quantitative estimate of drug-likeness (QED) is 0.638. The number of methoxy groups -OCH3 is 1. The number of anilines is 1.